The van der Waals surface area contributed by atoms with Gasteiger partial charge in [0.2, 0.25) is 0 Å². The van der Waals surface area contributed by atoms with E-state index in [2.05, 4.69) is 0 Å². The fraction of sp³-hybridized carbons (Fsp3) is 0. The van der Waals surface area contributed by atoms with E-state index in [1.807, 2.05) is 0 Å². The normalized spacial score (nSPS) is 0. The monoisotopic (exact) mass is 333 g/mol. The molecule has 0 unspecified atom stereocenters. The second-order valence-corrected chi connectivity index (χ2v) is 0. The van der Waals surface area contributed by atoms with Gasteiger partial charge in [0.05, 0.1) is 0 Å². The van der Waals surface area contributed by atoms with E-state index in [9.17, 15) is 0 Å². The van der Waals surface area contributed by atoms with Gasteiger partial charge in [0.15, 0.2) is 0 Å². The summed E-state index contributed by atoms with van der Waals surface area (Å²) in [5, 5.41) is 0. The molecule has 0 saturated heterocycles. The van der Waals surface area contributed by atoms with E-state index >= 15 is 0 Å². The molecular weight excluding hydrogens is 326 g/mol. The van der Waals surface area contributed by atoms with E-state index < -0.39 is 0 Å². The van der Waals surface area contributed by atoms with Crippen molar-refractivity contribution in [2.24, 2.45) is 0 Å². The van der Waals surface area contributed by atoms with Crippen molar-refractivity contribution in [2.75, 3.05) is 0 Å². The summed E-state index contributed by atoms with van der Waals surface area (Å²) in [7, 11) is 0. The van der Waals surface area contributed by atoms with Crippen molar-refractivity contribution in [2.45, 2.75) is 0 Å². The van der Waals surface area contributed by atoms with Gasteiger partial charge in [-0.25, -0.2) is 0 Å². The van der Waals surface area contributed by atoms with Gasteiger partial charge in [-0.2, -0.15) is 0 Å². The molecule has 0 aromatic carbocycles. The van der Waals surface area contributed by atoms with Crippen LogP contribution in [0.15, 0.2) is 0 Å². The first-order valence-electron chi connectivity index (χ1n) is 0. The fourth-order valence-corrected chi connectivity index (χ4v) is 0. The summed E-state index contributed by atoms with van der Waals surface area (Å²) in [6, 6.07) is 0. The maximum Gasteiger partial charge on any atom is 0 e. The maximum atomic E-state index is 0. The maximum absolute atomic E-state index is 0. The van der Waals surface area contributed by atoms with Crippen LogP contribution in [0, 0.1) is 41.3 Å². The fourth-order valence-electron chi connectivity index (χ4n) is 0. The van der Waals surface area contributed by atoms with Gasteiger partial charge in [-0.15, -0.1) is 0 Å². The molecular formula is H6BaO3Pr. The van der Waals surface area contributed by atoms with Crippen LogP contribution in [0.3, 0.4) is 0 Å². The third-order valence-electron chi connectivity index (χ3n) is 0. The quantitative estimate of drug-likeness (QED) is 0.427. The van der Waals surface area contributed by atoms with E-state index in [1.54, 1.807) is 0 Å². The molecule has 3 nitrogen and oxygen atoms in total. The first-order chi connectivity index (χ1) is 0. The molecule has 0 aromatic rings. The molecule has 0 amide bonds. The molecule has 29 valence electrons. The van der Waals surface area contributed by atoms with Crippen molar-refractivity contribution in [3.8, 4) is 0 Å². The van der Waals surface area contributed by atoms with Crippen LogP contribution in [0.2, 0.25) is 0 Å². The van der Waals surface area contributed by atoms with Crippen LogP contribution in [-0.2, 0) is 0 Å². The first-order valence-corrected chi connectivity index (χ1v) is 0. The van der Waals surface area contributed by atoms with Crippen LogP contribution in [0.5, 0.6) is 0 Å². The summed E-state index contributed by atoms with van der Waals surface area (Å²) in [5.41, 5.74) is 0. The number of rotatable bonds is 0. The molecule has 0 aromatic heterocycles. The van der Waals surface area contributed by atoms with Crippen molar-refractivity contribution in [3.05, 3.63) is 0 Å². The van der Waals surface area contributed by atoms with Crippen LogP contribution < -0.4 is 0 Å². The molecule has 5 heteroatoms. The molecule has 0 aliphatic carbocycles. The van der Waals surface area contributed by atoms with Crippen molar-refractivity contribution < 1.29 is 57.7 Å². The Kier molecular flexibility index (Phi) is 266. The molecule has 0 rings (SSSR count). The van der Waals surface area contributed by atoms with Crippen molar-refractivity contribution in [1.29, 1.82) is 0 Å². The van der Waals surface area contributed by atoms with Crippen LogP contribution in [-0.4, -0.2) is 65.3 Å². The molecule has 0 atom stereocenters. The summed E-state index contributed by atoms with van der Waals surface area (Å²) in [6.45, 7) is 0. The third kappa shape index (κ3) is 19.9. The van der Waals surface area contributed by atoms with Gasteiger partial charge in [0.25, 0.3) is 0 Å². The van der Waals surface area contributed by atoms with Gasteiger partial charge >= 0.3 is 0 Å². The minimum absolute atomic E-state index is 0. The first kappa shape index (κ1) is 45.8. The summed E-state index contributed by atoms with van der Waals surface area (Å²) in [4.78, 5) is 0. The Morgan fingerprint density at radius 3 is 0.600 bits per heavy atom. The van der Waals surface area contributed by atoms with Crippen LogP contribution in [0.25, 0.3) is 0 Å². The Hall–Kier alpha value is 2.82. The van der Waals surface area contributed by atoms with Gasteiger partial charge in [0.1, 0.15) is 0 Å². The molecule has 0 spiro atoms. The van der Waals surface area contributed by atoms with Crippen LogP contribution in [0.1, 0.15) is 0 Å². The summed E-state index contributed by atoms with van der Waals surface area (Å²) >= 11 is 0. The van der Waals surface area contributed by atoms with Crippen molar-refractivity contribution in [1.82, 2.24) is 0 Å². The zero-order valence-corrected chi connectivity index (χ0v) is 10.9. The predicted octanol–water partition coefficient (Wildman–Crippen LogP) is -2.85. The van der Waals surface area contributed by atoms with Gasteiger partial charge in [0, 0.05) is 90.2 Å². The van der Waals surface area contributed by atoms with Gasteiger partial charge < -0.3 is 16.4 Å². The SMILES string of the molecule is O.O.O.[Ba].[Pr]. The second kappa shape index (κ2) is 29.1. The minimum Gasteiger partial charge on any atom is -0.412 e. The zero-order chi connectivity index (χ0) is 0. The molecule has 0 aliphatic rings. The average Bonchev–Trinajstić information content (AvgIpc) is 0. The molecule has 0 fully saturated rings. The second-order valence-electron chi connectivity index (χ2n) is 0. The Balaban J connectivity index is 0. The Labute approximate surface area is 104 Å². The Morgan fingerprint density at radius 2 is 0.600 bits per heavy atom. The zero-order valence-electron chi connectivity index (χ0n) is 2.78. The molecule has 0 saturated carbocycles. The predicted molar refractivity (Wildman–Crippen MR) is 16.6 cm³/mol. The largest absolute Gasteiger partial charge is 0.412 e. The summed E-state index contributed by atoms with van der Waals surface area (Å²) < 4.78 is 0. The smallest absolute Gasteiger partial charge is 0 e. The third-order valence-corrected chi connectivity index (χ3v) is 0. The number of hydrogen-bond donors (Lipinski definition) is 0. The number of hydrogen-bond acceptors (Lipinski definition) is 0. The van der Waals surface area contributed by atoms with Gasteiger partial charge in [-0.3, -0.25) is 0 Å². The van der Waals surface area contributed by atoms with Crippen LogP contribution >= 0.6 is 0 Å². The molecule has 6 N–H and O–H groups in total. The molecule has 0 bridgehead atoms. The van der Waals surface area contributed by atoms with Gasteiger partial charge in [-0.05, 0) is 0 Å². The molecule has 0 heterocycles. The molecule has 3 radical (unpaired) electrons. The van der Waals surface area contributed by atoms with Gasteiger partial charge in [-0.1, -0.05) is 0 Å². The van der Waals surface area contributed by atoms with E-state index in [-0.39, 0.29) is 107 Å². The van der Waals surface area contributed by atoms with Crippen molar-refractivity contribution >= 4 is 48.9 Å². The van der Waals surface area contributed by atoms with E-state index in [0.29, 0.717) is 0 Å². The van der Waals surface area contributed by atoms with E-state index in [1.165, 1.54) is 0 Å². The summed E-state index contributed by atoms with van der Waals surface area (Å²) in [5.74, 6) is 0. The Morgan fingerprint density at radius 1 is 0.600 bits per heavy atom. The van der Waals surface area contributed by atoms with Crippen molar-refractivity contribution in [3.63, 3.8) is 0 Å². The Bertz CT molecular complexity index is 6.85. The summed E-state index contributed by atoms with van der Waals surface area (Å²) in [6.07, 6.45) is 0. The average molecular weight is 332 g/mol. The molecule has 5 heavy (non-hydrogen) atoms. The molecule has 0 aliphatic heterocycles. The minimum atomic E-state index is 0. The van der Waals surface area contributed by atoms with E-state index in [4.69, 9.17) is 0 Å². The topological polar surface area (TPSA) is 94.5 Å². The van der Waals surface area contributed by atoms with E-state index in [0.717, 1.165) is 0 Å². The van der Waals surface area contributed by atoms with Crippen LogP contribution in [0.4, 0.5) is 0 Å². The standard InChI is InChI=1S/Ba.3H2O.Pr/h;3*1H2;.